The molecular weight excluding hydrogens is 815 g/mol. The molecule has 4 aromatic rings. The summed E-state index contributed by atoms with van der Waals surface area (Å²) in [5.41, 5.74) is 4.35. The van der Waals surface area contributed by atoms with Crippen LogP contribution >= 0.6 is 35.0 Å². The van der Waals surface area contributed by atoms with Crippen LogP contribution in [-0.2, 0) is 19.2 Å². The summed E-state index contributed by atoms with van der Waals surface area (Å²) in [6, 6.07) is 18.8. The minimum Gasteiger partial charge on any atom is -0.454 e. The Balaban J connectivity index is 1.12. The fourth-order valence-corrected chi connectivity index (χ4v) is 9.09. The Bertz CT molecular complexity index is 2240. The summed E-state index contributed by atoms with van der Waals surface area (Å²) in [4.78, 5) is 58.6. The van der Waals surface area contributed by atoms with Gasteiger partial charge in [-0.3, -0.25) is 19.2 Å². The lowest BCUT2D eigenvalue weighted by molar-refractivity contribution is -0.135. The van der Waals surface area contributed by atoms with Gasteiger partial charge in [-0.05, 0) is 70.8 Å². The Morgan fingerprint density at radius 1 is 0.525 bits per heavy atom. The van der Waals surface area contributed by atoms with Crippen molar-refractivity contribution >= 4 is 70.7 Å². The van der Waals surface area contributed by atoms with Crippen LogP contribution in [0.1, 0.15) is 25.0 Å². The highest BCUT2D eigenvalue weighted by atomic mass is 35.5. The molecule has 0 unspecified atom stereocenters. The van der Waals surface area contributed by atoms with Gasteiger partial charge in [-0.2, -0.15) is 0 Å². The van der Waals surface area contributed by atoms with Crippen LogP contribution in [0.4, 0.5) is 0 Å². The zero-order chi connectivity index (χ0) is 41.2. The summed E-state index contributed by atoms with van der Waals surface area (Å²) >= 11 is 16.1. The number of amides is 4. The maximum atomic E-state index is 13.3. The normalized spacial score (nSPS) is 16.1. The van der Waals surface area contributed by atoms with E-state index < -0.39 is 0 Å². The van der Waals surface area contributed by atoms with Crippen molar-refractivity contribution in [2.75, 3.05) is 65.9 Å². The average molecular weight is 856 g/mol. The third-order valence-electron chi connectivity index (χ3n) is 10.7. The second-order valence-electron chi connectivity index (χ2n) is 14.3. The van der Waals surface area contributed by atoms with Crippen molar-refractivity contribution in [1.29, 1.82) is 0 Å². The average Bonchev–Trinajstić information content (AvgIpc) is 3.93. The van der Waals surface area contributed by atoms with E-state index in [0.29, 0.717) is 117 Å². The van der Waals surface area contributed by atoms with Crippen molar-refractivity contribution in [3.8, 4) is 45.3 Å². The monoisotopic (exact) mass is 854 g/mol. The third-order valence-corrected chi connectivity index (χ3v) is 12.8. The molecule has 4 aromatic carbocycles. The molecule has 0 aromatic heterocycles. The molecule has 4 amide bonds. The van der Waals surface area contributed by atoms with Crippen molar-refractivity contribution in [1.82, 2.24) is 19.6 Å². The summed E-state index contributed by atoms with van der Waals surface area (Å²) in [6.45, 7) is 7.07. The fraction of sp³-hybridized carbons (Fsp3) is 0.273. The summed E-state index contributed by atoms with van der Waals surface area (Å²) in [5.74, 6) is 2.10. The lowest BCUT2D eigenvalue weighted by Crippen LogP contribution is -2.49. The number of halogens is 2. The maximum absolute atomic E-state index is 13.3. The molecule has 0 bridgehead atoms. The predicted molar refractivity (Wildman–Crippen MR) is 226 cm³/mol. The van der Waals surface area contributed by atoms with Crippen LogP contribution in [0.5, 0.6) is 23.0 Å². The van der Waals surface area contributed by atoms with E-state index in [1.807, 2.05) is 60.7 Å². The van der Waals surface area contributed by atoms with Crippen molar-refractivity contribution < 1.29 is 38.1 Å². The highest BCUT2D eigenvalue weighted by molar-refractivity contribution is 7.99. The third kappa shape index (κ3) is 8.59. The van der Waals surface area contributed by atoms with Crippen molar-refractivity contribution in [3.63, 3.8) is 0 Å². The first-order chi connectivity index (χ1) is 28.5. The maximum Gasteiger partial charge on any atom is 0.246 e. The molecule has 0 radical (unpaired) electrons. The molecule has 4 aliphatic heterocycles. The van der Waals surface area contributed by atoms with Crippen molar-refractivity contribution in [3.05, 3.63) is 94.0 Å². The number of hydrogen-bond donors (Lipinski definition) is 0. The lowest BCUT2D eigenvalue weighted by atomic mass is 9.98. The van der Waals surface area contributed by atoms with E-state index in [9.17, 15) is 19.2 Å². The van der Waals surface area contributed by atoms with E-state index in [2.05, 4.69) is 0 Å². The van der Waals surface area contributed by atoms with Crippen LogP contribution in [0.2, 0.25) is 10.0 Å². The molecular formula is C44H40Cl2N4O8S. The van der Waals surface area contributed by atoms with Gasteiger partial charge in [0.1, 0.15) is 0 Å². The largest absolute Gasteiger partial charge is 0.454 e. The summed E-state index contributed by atoms with van der Waals surface area (Å²) < 4.78 is 22.6. The molecule has 15 heteroatoms. The zero-order valence-electron chi connectivity index (χ0n) is 32.4. The molecule has 4 heterocycles. The number of carbonyl (C=O) groups is 4. The molecule has 0 N–H and O–H groups in total. The van der Waals surface area contributed by atoms with Crippen LogP contribution < -0.4 is 18.9 Å². The lowest BCUT2D eigenvalue weighted by Gasteiger charge is -2.33. The fourth-order valence-electron chi connectivity index (χ4n) is 7.40. The van der Waals surface area contributed by atoms with Gasteiger partial charge in [-0.15, -0.1) is 0 Å². The van der Waals surface area contributed by atoms with Crippen molar-refractivity contribution in [2.45, 2.75) is 23.6 Å². The number of hydrogen-bond acceptors (Lipinski definition) is 9. The van der Waals surface area contributed by atoms with Gasteiger partial charge in [0.15, 0.2) is 23.0 Å². The molecule has 2 fully saturated rings. The molecule has 4 aliphatic rings. The van der Waals surface area contributed by atoms with E-state index in [-0.39, 0.29) is 37.2 Å². The second kappa shape index (κ2) is 17.3. The Hall–Kier alpha value is -5.63. The quantitative estimate of drug-likeness (QED) is 0.168. The van der Waals surface area contributed by atoms with Crippen LogP contribution in [0.25, 0.3) is 34.4 Å². The molecule has 0 saturated carbocycles. The summed E-state index contributed by atoms with van der Waals surface area (Å²) in [6.07, 6.45) is 6.60. The van der Waals surface area contributed by atoms with Gasteiger partial charge in [0.25, 0.3) is 0 Å². The molecule has 2 saturated heterocycles. The Morgan fingerprint density at radius 2 is 0.898 bits per heavy atom. The SMILES string of the molecule is CC(=O)N1CCN(C(=O)C=Cc2ccc(Sc3ccc(C=CC(=O)N4CCN(C(C)=O)CC4)c(-c4ccc5c(c4)OCO5)c3Cl)c(Cl)c2-c2ccc3c(c2)OCO3)CC1. The van der Waals surface area contributed by atoms with Crippen LogP contribution in [0, 0.1) is 0 Å². The Labute approximate surface area is 355 Å². The first-order valence-corrected chi connectivity index (χ1v) is 20.7. The van der Waals surface area contributed by atoms with Gasteiger partial charge in [0.05, 0.1) is 10.0 Å². The standard InChI is InChI=1S/C44H40Cl2N4O8S/c1-27(51)47-15-19-49(20-16-47)39(53)13-7-29-5-11-37(43(45)41(29)31-3-9-33-35(23-31)57-25-55-33)59-38-12-6-30(8-14-40(54)50-21-17-48(18-22-50)28(2)52)42(44(38)46)32-4-10-34-36(24-32)58-26-56-34/h3-14,23-24H,15-22,25-26H2,1-2H3. The van der Waals surface area contributed by atoms with E-state index in [1.165, 1.54) is 37.8 Å². The smallest absolute Gasteiger partial charge is 0.246 e. The highest BCUT2D eigenvalue weighted by Gasteiger charge is 2.25. The Kier molecular flexibility index (Phi) is 11.8. The second-order valence-corrected chi connectivity index (χ2v) is 16.1. The van der Waals surface area contributed by atoms with Crippen LogP contribution in [-0.4, -0.2) is 109 Å². The number of nitrogens with zero attached hydrogens (tertiary/aromatic N) is 4. The van der Waals surface area contributed by atoms with E-state index in [1.54, 1.807) is 31.8 Å². The number of carbonyl (C=O) groups excluding carboxylic acids is 4. The van der Waals surface area contributed by atoms with Gasteiger partial charge in [-0.1, -0.05) is 59.2 Å². The molecule has 0 atom stereocenters. The van der Waals surface area contributed by atoms with Crippen LogP contribution in [0.3, 0.4) is 0 Å². The highest BCUT2D eigenvalue weighted by Crippen LogP contribution is 2.48. The van der Waals surface area contributed by atoms with E-state index in [4.69, 9.17) is 42.1 Å². The minimum atomic E-state index is -0.159. The van der Waals surface area contributed by atoms with Gasteiger partial charge in [-0.25, -0.2) is 0 Å². The first kappa shape index (κ1) is 40.2. The number of ether oxygens (including phenoxy) is 4. The molecule has 59 heavy (non-hydrogen) atoms. The number of piperazine rings is 2. The zero-order valence-corrected chi connectivity index (χ0v) is 34.7. The predicted octanol–water partition coefficient (Wildman–Crippen LogP) is 7.34. The summed E-state index contributed by atoms with van der Waals surface area (Å²) in [5, 5.41) is 0.886. The van der Waals surface area contributed by atoms with Gasteiger partial charge >= 0.3 is 0 Å². The minimum absolute atomic E-state index is 0.00318. The van der Waals surface area contributed by atoms with Gasteiger partial charge in [0, 0.05) is 99.3 Å². The number of rotatable bonds is 8. The Morgan fingerprint density at radius 3 is 1.29 bits per heavy atom. The molecule has 0 aliphatic carbocycles. The molecule has 0 spiro atoms. The summed E-state index contributed by atoms with van der Waals surface area (Å²) in [7, 11) is 0. The topological polar surface area (TPSA) is 118 Å². The number of fused-ring (bicyclic) bond motifs is 2. The first-order valence-electron chi connectivity index (χ1n) is 19.1. The molecule has 12 nitrogen and oxygen atoms in total. The number of benzene rings is 4. The van der Waals surface area contributed by atoms with Gasteiger partial charge in [0.2, 0.25) is 37.2 Å². The van der Waals surface area contributed by atoms with Crippen molar-refractivity contribution in [2.24, 2.45) is 0 Å². The molecule has 304 valence electrons. The van der Waals surface area contributed by atoms with E-state index in [0.717, 1.165) is 11.1 Å². The molecule has 8 rings (SSSR count). The van der Waals surface area contributed by atoms with E-state index >= 15 is 0 Å². The van der Waals surface area contributed by atoms with Gasteiger partial charge < -0.3 is 38.5 Å². The van der Waals surface area contributed by atoms with Crippen LogP contribution in [0.15, 0.2) is 82.6 Å².